The maximum absolute atomic E-state index is 12.3. The average Bonchev–Trinajstić information content (AvgIpc) is 2.40. The number of nitrogens with one attached hydrogen (secondary N) is 2. The second-order valence-electron chi connectivity index (χ2n) is 5.47. The van der Waals surface area contributed by atoms with Crippen molar-refractivity contribution in [3.63, 3.8) is 0 Å². The molecule has 5 nitrogen and oxygen atoms in total. The van der Waals surface area contributed by atoms with Crippen molar-refractivity contribution in [2.45, 2.75) is 31.7 Å². The molecule has 1 atom stereocenters. The summed E-state index contributed by atoms with van der Waals surface area (Å²) in [5.74, 6) is 0.895. The molecule has 1 amide bonds. The van der Waals surface area contributed by atoms with Gasteiger partial charge in [0.05, 0.1) is 17.4 Å². The van der Waals surface area contributed by atoms with Crippen molar-refractivity contribution in [1.29, 1.82) is 0 Å². The number of carbonyl (C=O) groups excluding carboxylic acids is 1. The number of aromatic nitrogens is 1. The first-order chi connectivity index (χ1) is 9.01. The third-order valence-electron chi connectivity index (χ3n) is 3.58. The SMILES string of the molecule is CN(C)c1ccc(NC(=O)C2(C)CCCCN2)cn1. The summed E-state index contributed by atoms with van der Waals surface area (Å²) in [6.45, 7) is 2.87. The Hall–Kier alpha value is -1.62. The lowest BCUT2D eigenvalue weighted by atomic mass is 9.90. The first-order valence-corrected chi connectivity index (χ1v) is 6.71. The fourth-order valence-electron chi connectivity index (χ4n) is 2.24. The van der Waals surface area contributed by atoms with E-state index in [0.29, 0.717) is 0 Å². The number of hydrogen-bond acceptors (Lipinski definition) is 4. The van der Waals surface area contributed by atoms with Crippen LogP contribution in [0.15, 0.2) is 18.3 Å². The molecule has 0 aromatic carbocycles. The summed E-state index contributed by atoms with van der Waals surface area (Å²) in [7, 11) is 3.88. The fourth-order valence-corrected chi connectivity index (χ4v) is 2.24. The zero-order valence-electron chi connectivity index (χ0n) is 11.9. The van der Waals surface area contributed by atoms with Gasteiger partial charge in [-0.1, -0.05) is 0 Å². The normalized spacial score (nSPS) is 22.9. The molecule has 1 saturated heterocycles. The molecule has 1 aliphatic rings. The third kappa shape index (κ3) is 3.23. The van der Waals surface area contributed by atoms with Crippen LogP contribution in [0.5, 0.6) is 0 Å². The molecule has 5 heteroatoms. The number of rotatable bonds is 3. The molecule has 1 unspecified atom stereocenters. The number of nitrogens with zero attached hydrogens (tertiary/aromatic N) is 2. The van der Waals surface area contributed by atoms with Gasteiger partial charge in [-0.2, -0.15) is 0 Å². The minimum Gasteiger partial charge on any atom is -0.363 e. The molecule has 0 radical (unpaired) electrons. The molecule has 2 N–H and O–H groups in total. The highest BCUT2D eigenvalue weighted by atomic mass is 16.2. The third-order valence-corrected chi connectivity index (χ3v) is 3.58. The molecule has 104 valence electrons. The summed E-state index contributed by atoms with van der Waals surface area (Å²) >= 11 is 0. The lowest BCUT2D eigenvalue weighted by molar-refractivity contribution is -0.122. The summed E-state index contributed by atoms with van der Waals surface area (Å²) in [6, 6.07) is 3.78. The second kappa shape index (κ2) is 5.57. The van der Waals surface area contributed by atoms with Crippen LogP contribution in [-0.4, -0.2) is 37.1 Å². The van der Waals surface area contributed by atoms with E-state index < -0.39 is 5.54 Å². The molecule has 0 saturated carbocycles. The lowest BCUT2D eigenvalue weighted by Crippen LogP contribution is -2.54. The number of piperidine rings is 1. The number of pyridine rings is 1. The van der Waals surface area contributed by atoms with E-state index in [4.69, 9.17) is 0 Å². The minimum absolute atomic E-state index is 0.0200. The highest BCUT2D eigenvalue weighted by molar-refractivity contribution is 5.97. The lowest BCUT2D eigenvalue weighted by Gasteiger charge is -2.33. The summed E-state index contributed by atoms with van der Waals surface area (Å²) in [5, 5.41) is 6.24. The van der Waals surface area contributed by atoms with Crippen molar-refractivity contribution in [2.75, 3.05) is 30.9 Å². The molecule has 1 aromatic rings. The van der Waals surface area contributed by atoms with Crippen LogP contribution in [0.2, 0.25) is 0 Å². The van der Waals surface area contributed by atoms with Gasteiger partial charge in [-0.15, -0.1) is 0 Å². The highest BCUT2D eigenvalue weighted by Crippen LogP contribution is 2.21. The number of hydrogen-bond donors (Lipinski definition) is 2. The van der Waals surface area contributed by atoms with E-state index in [-0.39, 0.29) is 5.91 Å². The van der Waals surface area contributed by atoms with Crippen molar-refractivity contribution in [3.05, 3.63) is 18.3 Å². The van der Waals surface area contributed by atoms with Crippen LogP contribution in [0.1, 0.15) is 26.2 Å². The van der Waals surface area contributed by atoms with Crippen LogP contribution in [-0.2, 0) is 4.79 Å². The number of anilines is 2. The molecule has 19 heavy (non-hydrogen) atoms. The first-order valence-electron chi connectivity index (χ1n) is 6.71. The summed E-state index contributed by atoms with van der Waals surface area (Å²) < 4.78 is 0. The van der Waals surface area contributed by atoms with Gasteiger partial charge in [0.25, 0.3) is 0 Å². The topological polar surface area (TPSA) is 57.3 Å². The van der Waals surface area contributed by atoms with Gasteiger partial charge in [0.2, 0.25) is 5.91 Å². The zero-order valence-corrected chi connectivity index (χ0v) is 11.9. The molecule has 0 spiro atoms. The van der Waals surface area contributed by atoms with E-state index in [0.717, 1.165) is 37.3 Å². The molecule has 2 heterocycles. The van der Waals surface area contributed by atoms with Crippen LogP contribution in [0, 0.1) is 0 Å². The zero-order chi connectivity index (χ0) is 13.9. The Kier molecular flexibility index (Phi) is 4.04. The van der Waals surface area contributed by atoms with E-state index in [1.54, 1.807) is 6.20 Å². The van der Waals surface area contributed by atoms with Crippen molar-refractivity contribution in [2.24, 2.45) is 0 Å². The Balaban J connectivity index is 2.02. The molecular weight excluding hydrogens is 240 g/mol. The van der Waals surface area contributed by atoms with Gasteiger partial charge < -0.3 is 15.5 Å². The van der Waals surface area contributed by atoms with Crippen molar-refractivity contribution in [1.82, 2.24) is 10.3 Å². The van der Waals surface area contributed by atoms with Gasteiger partial charge in [0.15, 0.2) is 0 Å². The van der Waals surface area contributed by atoms with E-state index in [1.165, 1.54) is 0 Å². The summed E-state index contributed by atoms with van der Waals surface area (Å²) in [6.07, 6.45) is 4.80. The predicted molar refractivity (Wildman–Crippen MR) is 77.5 cm³/mol. The quantitative estimate of drug-likeness (QED) is 0.869. The maximum Gasteiger partial charge on any atom is 0.244 e. The fraction of sp³-hybridized carbons (Fsp3) is 0.571. The van der Waals surface area contributed by atoms with E-state index in [1.807, 2.05) is 38.1 Å². The monoisotopic (exact) mass is 262 g/mol. The van der Waals surface area contributed by atoms with Crippen LogP contribution >= 0.6 is 0 Å². The molecule has 1 aromatic heterocycles. The van der Waals surface area contributed by atoms with Gasteiger partial charge >= 0.3 is 0 Å². The molecule has 0 bridgehead atoms. The molecule has 1 aliphatic heterocycles. The smallest absolute Gasteiger partial charge is 0.244 e. The minimum atomic E-state index is -0.460. The van der Waals surface area contributed by atoms with Gasteiger partial charge in [-0.3, -0.25) is 4.79 Å². The van der Waals surface area contributed by atoms with E-state index >= 15 is 0 Å². The maximum atomic E-state index is 12.3. The summed E-state index contributed by atoms with van der Waals surface area (Å²) in [4.78, 5) is 18.5. The Bertz CT molecular complexity index is 435. The Morgan fingerprint density at radius 2 is 2.21 bits per heavy atom. The van der Waals surface area contributed by atoms with E-state index in [2.05, 4.69) is 15.6 Å². The molecule has 0 aliphatic carbocycles. The van der Waals surface area contributed by atoms with Gasteiger partial charge in [0.1, 0.15) is 5.82 Å². The van der Waals surface area contributed by atoms with Crippen LogP contribution in [0.3, 0.4) is 0 Å². The Morgan fingerprint density at radius 1 is 1.42 bits per heavy atom. The van der Waals surface area contributed by atoms with Crippen molar-refractivity contribution >= 4 is 17.4 Å². The largest absolute Gasteiger partial charge is 0.363 e. The van der Waals surface area contributed by atoms with Gasteiger partial charge in [0, 0.05) is 14.1 Å². The van der Waals surface area contributed by atoms with Gasteiger partial charge in [-0.05, 0) is 44.9 Å². The number of amides is 1. The van der Waals surface area contributed by atoms with Crippen LogP contribution in [0.25, 0.3) is 0 Å². The predicted octanol–water partition coefficient (Wildman–Crippen LogP) is 1.62. The van der Waals surface area contributed by atoms with Gasteiger partial charge in [-0.25, -0.2) is 4.98 Å². The molecule has 2 rings (SSSR count). The Labute approximate surface area is 114 Å². The first kappa shape index (κ1) is 13.8. The second-order valence-corrected chi connectivity index (χ2v) is 5.47. The molecular formula is C14H22N4O. The van der Waals surface area contributed by atoms with Crippen molar-refractivity contribution in [3.8, 4) is 0 Å². The standard InChI is InChI=1S/C14H22N4O/c1-14(8-4-5-9-16-14)13(19)17-11-6-7-12(15-10-11)18(2)3/h6-7,10,16H,4-5,8-9H2,1-3H3,(H,17,19). The molecule has 1 fully saturated rings. The van der Waals surface area contributed by atoms with Crippen LogP contribution in [0.4, 0.5) is 11.5 Å². The van der Waals surface area contributed by atoms with Crippen molar-refractivity contribution < 1.29 is 4.79 Å². The van der Waals surface area contributed by atoms with Crippen LogP contribution < -0.4 is 15.5 Å². The van der Waals surface area contributed by atoms with E-state index in [9.17, 15) is 4.79 Å². The summed E-state index contributed by atoms with van der Waals surface area (Å²) in [5.41, 5.74) is 0.280. The number of carbonyl (C=O) groups is 1. The average molecular weight is 262 g/mol. The Morgan fingerprint density at radius 3 is 2.74 bits per heavy atom. The highest BCUT2D eigenvalue weighted by Gasteiger charge is 2.34.